The fourth-order valence-electron chi connectivity index (χ4n) is 4.67. The van der Waals surface area contributed by atoms with Gasteiger partial charge in [-0.25, -0.2) is 8.42 Å². The molecule has 2 fully saturated rings. The molecule has 0 spiro atoms. The van der Waals surface area contributed by atoms with E-state index in [0.29, 0.717) is 19.8 Å². The Kier molecular flexibility index (Phi) is 6.48. The molecule has 2 aromatic rings. The third-order valence-corrected chi connectivity index (χ3v) is 9.22. The van der Waals surface area contributed by atoms with Crippen molar-refractivity contribution in [2.24, 2.45) is 0 Å². The predicted octanol–water partition coefficient (Wildman–Crippen LogP) is 3.39. The number of sulfonamides is 1. The summed E-state index contributed by atoms with van der Waals surface area (Å²) < 4.78 is 67.1. The summed E-state index contributed by atoms with van der Waals surface area (Å²) in [6.07, 6.45) is 1.93. The zero-order valence-electron chi connectivity index (χ0n) is 19.9. The lowest BCUT2D eigenvalue weighted by Gasteiger charge is -2.40. The van der Waals surface area contributed by atoms with Crippen molar-refractivity contribution in [3.8, 4) is 12.3 Å². The highest BCUT2D eigenvalue weighted by Gasteiger charge is 2.54. The van der Waals surface area contributed by atoms with Gasteiger partial charge < -0.3 is 10.0 Å². The highest BCUT2D eigenvalue weighted by Crippen LogP contribution is 2.50. The molecular weight excluding hydrogens is 493 g/mol. The van der Waals surface area contributed by atoms with Gasteiger partial charge in [0.1, 0.15) is 0 Å². The second-order valence-electron chi connectivity index (χ2n) is 9.61. The second-order valence-corrected chi connectivity index (χ2v) is 11.5. The lowest BCUT2D eigenvalue weighted by atomic mass is 9.93. The molecule has 1 saturated heterocycles. The maximum atomic E-state index is 13.4. The largest absolute Gasteiger partial charge is 0.421 e. The number of halogens is 3. The van der Waals surface area contributed by atoms with E-state index in [4.69, 9.17) is 6.42 Å². The maximum absolute atomic E-state index is 13.4. The summed E-state index contributed by atoms with van der Waals surface area (Å²) in [5.41, 5.74) is -2.55. The summed E-state index contributed by atoms with van der Waals surface area (Å²) in [6, 6.07) is 10.9. The molecule has 2 aliphatic rings. The first-order chi connectivity index (χ1) is 16.7. The van der Waals surface area contributed by atoms with E-state index in [0.717, 1.165) is 35.4 Å². The minimum Gasteiger partial charge on any atom is -0.376 e. The fraction of sp³-hybridized carbons (Fsp3) is 0.423. The lowest BCUT2D eigenvalue weighted by molar-refractivity contribution is -0.258. The number of carbonyl (C=O) groups is 1. The third-order valence-electron chi connectivity index (χ3n) is 7.19. The normalized spacial score (nSPS) is 21.9. The Morgan fingerprint density at radius 1 is 1.08 bits per heavy atom. The smallest absolute Gasteiger partial charge is 0.376 e. The van der Waals surface area contributed by atoms with Gasteiger partial charge in [-0.15, -0.1) is 6.42 Å². The van der Waals surface area contributed by atoms with E-state index in [1.165, 1.54) is 4.31 Å². The average Bonchev–Trinajstić information content (AvgIpc) is 3.65. The molecule has 36 heavy (non-hydrogen) atoms. The number of amides is 1. The Hall–Kier alpha value is -2.87. The molecule has 1 aliphatic carbocycles. The summed E-state index contributed by atoms with van der Waals surface area (Å²) in [7, 11) is -4.02. The first kappa shape index (κ1) is 26.2. The molecular formula is C26H27F3N2O4S. The second kappa shape index (κ2) is 8.91. The Morgan fingerprint density at radius 3 is 2.14 bits per heavy atom. The summed E-state index contributed by atoms with van der Waals surface area (Å²) >= 11 is 0. The van der Waals surface area contributed by atoms with Crippen LogP contribution in [0.5, 0.6) is 0 Å². The van der Waals surface area contributed by atoms with E-state index in [1.807, 2.05) is 12.1 Å². The first-order valence-corrected chi connectivity index (χ1v) is 13.0. The molecule has 1 N–H and O–H groups in total. The Morgan fingerprint density at radius 2 is 1.67 bits per heavy atom. The van der Waals surface area contributed by atoms with Crippen LogP contribution in [0.4, 0.5) is 13.2 Å². The van der Waals surface area contributed by atoms with E-state index in [2.05, 4.69) is 5.92 Å². The van der Waals surface area contributed by atoms with Crippen LogP contribution in [0.3, 0.4) is 0 Å². The zero-order chi connectivity index (χ0) is 26.5. The summed E-state index contributed by atoms with van der Waals surface area (Å²) in [5.74, 6) is 2.51. The standard InChI is InChI=1S/C26H27F3N2O4S/c1-4-19-5-7-21(8-6-19)25(13-14-25)23(32)30-15-16-31(18(2)17-30)36(34,35)22-11-9-20(10-12-22)24(3,33)26(27,28)29/h1,5-12,18,33H,13-17H2,2-3H3. The van der Waals surface area contributed by atoms with Crippen LogP contribution in [0.15, 0.2) is 53.4 Å². The number of alkyl halides is 3. The number of hydrogen-bond donors (Lipinski definition) is 1. The summed E-state index contributed by atoms with van der Waals surface area (Å²) in [5, 5.41) is 9.84. The number of rotatable bonds is 5. The zero-order valence-corrected chi connectivity index (χ0v) is 20.7. The third kappa shape index (κ3) is 4.40. The molecule has 1 heterocycles. The van der Waals surface area contributed by atoms with Crippen LogP contribution in [-0.2, 0) is 25.8 Å². The van der Waals surface area contributed by atoms with Gasteiger partial charge in [0.05, 0.1) is 10.3 Å². The van der Waals surface area contributed by atoms with Crippen molar-refractivity contribution in [2.75, 3.05) is 19.6 Å². The molecule has 6 nitrogen and oxygen atoms in total. The van der Waals surface area contributed by atoms with Gasteiger partial charge in [0.2, 0.25) is 15.9 Å². The van der Waals surface area contributed by atoms with Crippen LogP contribution in [0.2, 0.25) is 0 Å². The fourth-order valence-corrected chi connectivity index (χ4v) is 6.29. The molecule has 4 rings (SSSR count). The van der Waals surface area contributed by atoms with E-state index in [1.54, 1.807) is 24.0 Å². The quantitative estimate of drug-likeness (QED) is 0.614. The number of hydrogen-bond acceptors (Lipinski definition) is 4. The molecule has 0 radical (unpaired) electrons. The Bertz CT molecular complexity index is 1290. The first-order valence-electron chi connectivity index (χ1n) is 11.5. The minimum absolute atomic E-state index is 0.0430. The number of terminal acetylenes is 1. The van der Waals surface area contributed by atoms with E-state index >= 15 is 0 Å². The van der Waals surface area contributed by atoms with E-state index in [9.17, 15) is 31.5 Å². The summed E-state index contributed by atoms with van der Waals surface area (Å²) in [6.45, 7) is 2.77. The van der Waals surface area contributed by atoms with Gasteiger partial charge in [0.25, 0.3) is 0 Å². The number of nitrogens with zero attached hydrogens (tertiary/aromatic N) is 2. The van der Waals surface area contributed by atoms with Crippen molar-refractivity contribution in [2.45, 2.75) is 54.8 Å². The number of benzene rings is 2. The summed E-state index contributed by atoms with van der Waals surface area (Å²) in [4.78, 5) is 14.9. The van der Waals surface area contributed by atoms with Gasteiger partial charge in [-0.05, 0) is 62.1 Å². The van der Waals surface area contributed by atoms with Crippen molar-refractivity contribution in [1.29, 1.82) is 0 Å². The molecule has 1 saturated carbocycles. The minimum atomic E-state index is -4.91. The Balaban J connectivity index is 1.48. The van der Waals surface area contributed by atoms with Crippen LogP contribution in [0.25, 0.3) is 0 Å². The average molecular weight is 521 g/mol. The molecule has 2 aromatic carbocycles. The topological polar surface area (TPSA) is 77.9 Å². The van der Waals surface area contributed by atoms with Crippen LogP contribution >= 0.6 is 0 Å². The van der Waals surface area contributed by atoms with Gasteiger partial charge in [0, 0.05) is 31.2 Å². The molecule has 2 atom stereocenters. The van der Waals surface area contributed by atoms with Gasteiger partial charge in [-0.2, -0.15) is 17.5 Å². The number of piperazine rings is 1. The molecule has 2 unspecified atom stereocenters. The van der Waals surface area contributed by atoms with Crippen molar-refractivity contribution >= 4 is 15.9 Å². The molecule has 192 valence electrons. The number of aliphatic hydroxyl groups is 1. The van der Waals surface area contributed by atoms with Crippen LogP contribution in [0.1, 0.15) is 43.4 Å². The highest BCUT2D eigenvalue weighted by atomic mass is 32.2. The van der Waals surface area contributed by atoms with E-state index < -0.39 is 38.8 Å². The van der Waals surface area contributed by atoms with Gasteiger partial charge >= 0.3 is 6.18 Å². The Labute approximate surface area is 208 Å². The van der Waals surface area contributed by atoms with Gasteiger partial charge in [0.15, 0.2) is 5.60 Å². The van der Waals surface area contributed by atoms with E-state index in [-0.39, 0.29) is 30.4 Å². The van der Waals surface area contributed by atoms with Gasteiger partial charge in [-0.1, -0.05) is 30.2 Å². The molecule has 0 bridgehead atoms. The lowest BCUT2D eigenvalue weighted by Crippen LogP contribution is -2.57. The monoisotopic (exact) mass is 520 g/mol. The van der Waals surface area contributed by atoms with Crippen molar-refractivity contribution in [1.82, 2.24) is 9.21 Å². The molecule has 1 amide bonds. The van der Waals surface area contributed by atoms with Crippen LogP contribution < -0.4 is 0 Å². The van der Waals surface area contributed by atoms with Crippen LogP contribution in [-0.4, -0.2) is 60.5 Å². The molecule has 0 aromatic heterocycles. The SMILES string of the molecule is C#Cc1ccc(C2(C(=O)N3CCN(S(=O)(=O)c4ccc(C(C)(O)C(F)(F)F)cc4)C(C)C3)CC2)cc1. The van der Waals surface area contributed by atoms with Crippen molar-refractivity contribution in [3.63, 3.8) is 0 Å². The molecule has 1 aliphatic heterocycles. The van der Waals surface area contributed by atoms with Crippen molar-refractivity contribution in [3.05, 3.63) is 65.2 Å². The predicted molar refractivity (Wildman–Crippen MR) is 127 cm³/mol. The van der Waals surface area contributed by atoms with Crippen LogP contribution in [0, 0.1) is 12.3 Å². The molecule has 10 heteroatoms. The highest BCUT2D eigenvalue weighted by molar-refractivity contribution is 7.89. The van der Waals surface area contributed by atoms with Gasteiger partial charge in [-0.3, -0.25) is 4.79 Å². The van der Waals surface area contributed by atoms with Crippen molar-refractivity contribution < 1.29 is 31.5 Å². The maximum Gasteiger partial charge on any atom is 0.421 e. The number of carbonyl (C=O) groups excluding carboxylic acids is 1.